The summed E-state index contributed by atoms with van der Waals surface area (Å²) in [4.78, 5) is 18.6. The number of carbonyl (C=O) groups excluding carboxylic acids is 1. The van der Waals surface area contributed by atoms with E-state index in [1.165, 1.54) is 12.1 Å². The number of fused-ring (bicyclic) bond motifs is 1. The molecule has 0 atom stereocenters. The monoisotopic (exact) mass is 366 g/mol. The summed E-state index contributed by atoms with van der Waals surface area (Å²) in [5.74, 6) is -0.979. The molecule has 1 amide bonds. The van der Waals surface area contributed by atoms with Crippen molar-refractivity contribution in [3.05, 3.63) is 83.6 Å². The van der Waals surface area contributed by atoms with Crippen molar-refractivity contribution in [3.63, 3.8) is 0 Å². The quantitative estimate of drug-likeness (QED) is 0.705. The Bertz CT molecular complexity index is 972. The molecule has 6 heteroatoms. The van der Waals surface area contributed by atoms with Gasteiger partial charge in [0, 0.05) is 18.2 Å². The predicted molar refractivity (Wildman–Crippen MR) is 95.8 cm³/mol. The van der Waals surface area contributed by atoms with E-state index in [2.05, 4.69) is 4.98 Å². The number of hydrogen-bond donors (Lipinski definition) is 0. The zero-order valence-corrected chi connectivity index (χ0v) is 14.4. The van der Waals surface area contributed by atoms with E-state index < -0.39 is 11.6 Å². The van der Waals surface area contributed by atoms with Gasteiger partial charge in [0.25, 0.3) is 5.91 Å². The molecular formula is C21H16F2N2O2. The molecule has 0 saturated heterocycles. The Labute approximate surface area is 155 Å². The number of halogens is 2. The minimum Gasteiger partial charge on any atom is -0.482 e. The van der Waals surface area contributed by atoms with Crippen LogP contribution >= 0.6 is 0 Å². The fraction of sp³-hybridized carbons (Fsp3) is 0.143. The van der Waals surface area contributed by atoms with E-state index in [-0.39, 0.29) is 19.1 Å². The molecule has 1 aliphatic heterocycles. The normalized spacial score (nSPS) is 13.7. The number of ether oxygens (including phenoxy) is 1. The summed E-state index contributed by atoms with van der Waals surface area (Å²) in [5, 5.41) is 0. The lowest BCUT2D eigenvalue weighted by atomic mass is 10.1. The van der Waals surface area contributed by atoms with E-state index in [9.17, 15) is 13.6 Å². The summed E-state index contributed by atoms with van der Waals surface area (Å²) in [6.07, 6.45) is 0. The van der Waals surface area contributed by atoms with Crippen LogP contribution in [0.4, 0.5) is 8.78 Å². The van der Waals surface area contributed by atoms with Crippen LogP contribution in [0.25, 0.3) is 11.3 Å². The highest BCUT2D eigenvalue weighted by Crippen LogP contribution is 2.27. The number of rotatable bonds is 3. The molecule has 1 aromatic heterocycles. The standard InChI is InChI=1S/C21H16F2N2O2/c22-16-8-15(9-17(23)10-16)18-6-7-20-19(24-18)12-25(21(26)13-27-20)11-14-4-2-1-3-5-14/h1-10H,11-13H2. The molecule has 2 aromatic carbocycles. The van der Waals surface area contributed by atoms with Crippen molar-refractivity contribution >= 4 is 5.91 Å². The second-order valence-corrected chi connectivity index (χ2v) is 6.32. The van der Waals surface area contributed by atoms with Crippen LogP contribution in [0.5, 0.6) is 5.75 Å². The highest BCUT2D eigenvalue weighted by molar-refractivity contribution is 5.78. The number of aromatic nitrogens is 1. The third-order valence-corrected chi connectivity index (χ3v) is 4.35. The molecule has 3 aromatic rings. The van der Waals surface area contributed by atoms with E-state index in [4.69, 9.17) is 4.74 Å². The molecule has 136 valence electrons. The van der Waals surface area contributed by atoms with Crippen molar-refractivity contribution in [2.75, 3.05) is 6.61 Å². The van der Waals surface area contributed by atoms with Gasteiger partial charge >= 0.3 is 0 Å². The van der Waals surface area contributed by atoms with Gasteiger partial charge in [-0.3, -0.25) is 4.79 Å². The minimum absolute atomic E-state index is 0.0740. The summed E-state index contributed by atoms with van der Waals surface area (Å²) in [5.41, 5.74) is 2.31. The Morgan fingerprint density at radius 1 is 1.00 bits per heavy atom. The molecule has 0 bridgehead atoms. The van der Waals surface area contributed by atoms with Crippen LogP contribution in [0.2, 0.25) is 0 Å². The topological polar surface area (TPSA) is 42.4 Å². The lowest BCUT2D eigenvalue weighted by Gasteiger charge is -2.19. The zero-order chi connectivity index (χ0) is 18.8. The van der Waals surface area contributed by atoms with E-state index >= 15 is 0 Å². The van der Waals surface area contributed by atoms with Gasteiger partial charge in [-0.25, -0.2) is 13.8 Å². The Morgan fingerprint density at radius 3 is 2.48 bits per heavy atom. The molecule has 0 N–H and O–H groups in total. The maximum Gasteiger partial charge on any atom is 0.261 e. The van der Waals surface area contributed by atoms with Gasteiger partial charge in [-0.1, -0.05) is 30.3 Å². The Kier molecular flexibility index (Phi) is 4.54. The lowest BCUT2D eigenvalue weighted by molar-refractivity contribution is -0.133. The first-order valence-electron chi connectivity index (χ1n) is 8.49. The van der Waals surface area contributed by atoms with Crippen molar-refractivity contribution in [1.82, 2.24) is 9.88 Å². The van der Waals surface area contributed by atoms with E-state index in [1.54, 1.807) is 17.0 Å². The average molecular weight is 366 g/mol. The van der Waals surface area contributed by atoms with Gasteiger partial charge in [0.2, 0.25) is 0 Å². The van der Waals surface area contributed by atoms with Crippen LogP contribution in [0, 0.1) is 11.6 Å². The van der Waals surface area contributed by atoms with Gasteiger partial charge in [0.1, 0.15) is 23.1 Å². The molecule has 0 saturated carbocycles. The Balaban J connectivity index is 1.66. The van der Waals surface area contributed by atoms with Crippen molar-refractivity contribution in [2.45, 2.75) is 13.1 Å². The highest BCUT2D eigenvalue weighted by atomic mass is 19.1. The van der Waals surface area contributed by atoms with E-state index in [0.29, 0.717) is 29.2 Å². The molecule has 4 rings (SSSR count). The zero-order valence-electron chi connectivity index (χ0n) is 14.4. The highest BCUT2D eigenvalue weighted by Gasteiger charge is 2.23. The lowest BCUT2D eigenvalue weighted by Crippen LogP contribution is -2.32. The molecule has 1 aliphatic rings. The van der Waals surface area contributed by atoms with Crippen molar-refractivity contribution in [3.8, 4) is 17.0 Å². The first-order valence-corrected chi connectivity index (χ1v) is 8.49. The third-order valence-electron chi connectivity index (χ3n) is 4.35. The average Bonchev–Trinajstić information content (AvgIpc) is 2.80. The van der Waals surface area contributed by atoms with Crippen molar-refractivity contribution in [2.24, 2.45) is 0 Å². The number of nitrogens with zero attached hydrogens (tertiary/aromatic N) is 2. The van der Waals surface area contributed by atoms with Gasteiger partial charge in [0.15, 0.2) is 6.61 Å². The van der Waals surface area contributed by atoms with Crippen molar-refractivity contribution < 1.29 is 18.3 Å². The smallest absolute Gasteiger partial charge is 0.261 e. The fourth-order valence-electron chi connectivity index (χ4n) is 3.04. The van der Waals surface area contributed by atoms with Gasteiger partial charge < -0.3 is 9.64 Å². The Morgan fingerprint density at radius 2 is 1.74 bits per heavy atom. The second-order valence-electron chi connectivity index (χ2n) is 6.32. The molecule has 0 aliphatic carbocycles. The molecule has 27 heavy (non-hydrogen) atoms. The van der Waals surface area contributed by atoms with Gasteiger partial charge in [0.05, 0.1) is 12.2 Å². The van der Waals surface area contributed by atoms with Crippen LogP contribution in [0.1, 0.15) is 11.3 Å². The molecule has 0 unspecified atom stereocenters. The number of amides is 1. The minimum atomic E-state index is -0.668. The Hall–Kier alpha value is -3.28. The maximum absolute atomic E-state index is 13.5. The SMILES string of the molecule is O=C1COc2ccc(-c3cc(F)cc(F)c3)nc2CN1Cc1ccccc1. The predicted octanol–water partition coefficient (Wildman–Crippen LogP) is 3.95. The molecular weight excluding hydrogens is 350 g/mol. The van der Waals surface area contributed by atoms with Crippen LogP contribution in [0.15, 0.2) is 60.7 Å². The molecule has 0 radical (unpaired) electrons. The second kappa shape index (κ2) is 7.15. The summed E-state index contributed by atoms with van der Waals surface area (Å²) in [6.45, 7) is 0.618. The number of benzene rings is 2. The summed E-state index contributed by atoms with van der Waals surface area (Å²) >= 11 is 0. The van der Waals surface area contributed by atoms with Crippen molar-refractivity contribution in [1.29, 1.82) is 0 Å². The van der Waals surface area contributed by atoms with Crippen LogP contribution in [0.3, 0.4) is 0 Å². The first-order chi connectivity index (χ1) is 13.1. The van der Waals surface area contributed by atoms with Crippen LogP contribution in [-0.4, -0.2) is 22.4 Å². The largest absolute Gasteiger partial charge is 0.482 e. The number of pyridine rings is 1. The third kappa shape index (κ3) is 3.79. The summed E-state index contributed by atoms with van der Waals surface area (Å²) in [7, 11) is 0. The molecule has 0 spiro atoms. The number of carbonyl (C=O) groups is 1. The van der Waals surface area contributed by atoms with Gasteiger partial charge in [-0.2, -0.15) is 0 Å². The maximum atomic E-state index is 13.5. The summed E-state index contributed by atoms with van der Waals surface area (Å²) < 4.78 is 32.6. The molecule has 2 heterocycles. The van der Waals surface area contributed by atoms with Gasteiger partial charge in [-0.05, 0) is 29.8 Å². The van der Waals surface area contributed by atoms with E-state index in [0.717, 1.165) is 11.6 Å². The molecule has 0 fully saturated rings. The van der Waals surface area contributed by atoms with Crippen LogP contribution in [-0.2, 0) is 17.9 Å². The first kappa shape index (κ1) is 17.1. The fourth-order valence-corrected chi connectivity index (χ4v) is 3.04. The number of hydrogen-bond acceptors (Lipinski definition) is 3. The van der Waals surface area contributed by atoms with Gasteiger partial charge in [-0.15, -0.1) is 0 Å². The molecule has 4 nitrogen and oxygen atoms in total. The van der Waals surface area contributed by atoms with E-state index in [1.807, 2.05) is 30.3 Å². The van der Waals surface area contributed by atoms with Crippen LogP contribution < -0.4 is 4.74 Å². The summed E-state index contributed by atoms with van der Waals surface area (Å²) in [6, 6.07) is 16.2.